The molecule has 0 aliphatic heterocycles. The average molecular weight is 465 g/mol. The molecule has 1 unspecified atom stereocenters. The smallest absolute Gasteiger partial charge is 0.407 e. The number of fused-ring (bicyclic) bond motifs is 3. The van der Waals surface area contributed by atoms with Crippen molar-refractivity contribution in [1.29, 1.82) is 0 Å². The zero-order chi connectivity index (χ0) is 24.2. The van der Waals surface area contributed by atoms with Crippen molar-refractivity contribution in [2.24, 2.45) is 11.8 Å². The normalized spacial score (nSPS) is 19.5. The van der Waals surface area contributed by atoms with Gasteiger partial charge in [-0.2, -0.15) is 0 Å². The van der Waals surface area contributed by atoms with Gasteiger partial charge in [-0.05, 0) is 53.4 Å². The Morgan fingerprint density at radius 1 is 1.00 bits per heavy atom. The molecule has 2 amide bonds. The Hall–Kier alpha value is -3.35. The highest BCUT2D eigenvalue weighted by Crippen LogP contribution is 2.44. The van der Waals surface area contributed by atoms with Gasteiger partial charge in [0.15, 0.2) is 0 Å². The molecule has 0 spiro atoms. The van der Waals surface area contributed by atoms with Gasteiger partial charge < -0.3 is 20.5 Å². The van der Waals surface area contributed by atoms with Gasteiger partial charge in [-0.3, -0.25) is 9.59 Å². The van der Waals surface area contributed by atoms with E-state index in [0.717, 1.165) is 22.3 Å². The summed E-state index contributed by atoms with van der Waals surface area (Å²) < 4.78 is 5.61. The molecule has 3 N–H and O–H groups in total. The van der Waals surface area contributed by atoms with Crippen LogP contribution in [0.3, 0.4) is 0 Å². The number of carboxylic acid groups (broad SMARTS) is 1. The van der Waals surface area contributed by atoms with Crippen molar-refractivity contribution in [3.05, 3.63) is 59.7 Å². The maximum Gasteiger partial charge on any atom is 0.407 e. The van der Waals surface area contributed by atoms with Gasteiger partial charge in [-0.15, -0.1) is 0 Å². The van der Waals surface area contributed by atoms with Gasteiger partial charge in [-0.1, -0.05) is 62.4 Å². The number of amides is 2. The van der Waals surface area contributed by atoms with Crippen LogP contribution in [0.5, 0.6) is 0 Å². The summed E-state index contributed by atoms with van der Waals surface area (Å²) in [5.74, 6) is -0.811. The third-order valence-electron chi connectivity index (χ3n) is 6.70. The zero-order valence-corrected chi connectivity index (χ0v) is 19.6. The number of ether oxygens (including phenoxy) is 1. The summed E-state index contributed by atoms with van der Waals surface area (Å²) in [5.41, 5.74) is 4.58. The second-order valence-corrected chi connectivity index (χ2v) is 9.79. The number of carbonyl (C=O) groups excluding carboxylic acids is 2. The Labute approximate surface area is 199 Å². The number of benzene rings is 2. The molecule has 7 heteroatoms. The molecule has 1 saturated carbocycles. The Kier molecular flexibility index (Phi) is 7.20. The predicted octanol–water partition coefficient (Wildman–Crippen LogP) is 4.31. The minimum atomic E-state index is -0.815. The SMILES string of the molecule is CC(C)CC(NC(=O)OCC1c2ccccc2-c2ccccc21)C(=O)NC1CC(CC(=O)O)C1. The zero-order valence-electron chi connectivity index (χ0n) is 19.6. The van der Waals surface area contributed by atoms with Crippen LogP contribution in [-0.4, -0.2) is 41.8 Å². The first-order valence-electron chi connectivity index (χ1n) is 12.0. The molecule has 2 aromatic rings. The van der Waals surface area contributed by atoms with E-state index in [2.05, 4.69) is 34.9 Å². The summed E-state index contributed by atoms with van der Waals surface area (Å²) in [6.45, 7) is 4.17. The summed E-state index contributed by atoms with van der Waals surface area (Å²) in [5, 5.41) is 14.6. The molecule has 0 heterocycles. The molecule has 1 atom stereocenters. The van der Waals surface area contributed by atoms with Crippen molar-refractivity contribution in [2.75, 3.05) is 6.61 Å². The van der Waals surface area contributed by atoms with Crippen LogP contribution in [0.1, 0.15) is 56.6 Å². The lowest BCUT2D eigenvalue weighted by molar-refractivity contribution is -0.139. The molecule has 0 saturated heterocycles. The third-order valence-corrected chi connectivity index (χ3v) is 6.70. The van der Waals surface area contributed by atoms with E-state index in [1.54, 1.807) is 0 Å². The van der Waals surface area contributed by atoms with Crippen molar-refractivity contribution >= 4 is 18.0 Å². The highest BCUT2D eigenvalue weighted by molar-refractivity contribution is 5.86. The van der Waals surface area contributed by atoms with Crippen LogP contribution in [0.25, 0.3) is 11.1 Å². The fourth-order valence-electron chi connectivity index (χ4n) is 5.05. The van der Waals surface area contributed by atoms with Gasteiger partial charge in [-0.25, -0.2) is 4.79 Å². The fraction of sp³-hybridized carbons (Fsp3) is 0.444. The Morgan fingerprint density at radius 2 is 1.59 bits per heavy atom. The second-order valence-electron chi connectivity index (χ2n) is 9.79. The monoisotopic (exact) mass is 464 g/mol. The van der Waals surface area contributed by atoms with Crippen LogP contribution in [-0.2, 0) is 14.3 Å². The molecule has 0 aromatic heterocycles. The van der Waals surface area contributed by atoms with Crippen LogP contribution in [0.2, 0.25) is 0 Å². The predicted molar refractivity (Wildman–Crippen MR) is 128 cm³/mol. The van der Waals surface area contributed by atoms with Gasteiger partial charge in [0.25, 0.3) is 0 Å². The maximum absolute atomic E-state index is 12.8. The molecule has 4 rings (SSSR count). The number of carbonyl (C=O) groups is 3. The van der Waals surface area contributed by atoms with Crippen LogP contribution in [0, 0.1) is 11.8 Å². The first-order chi connectivity index (χ1) is 16.3. The molecule has 1 fully saturated rings. The standard InChI is InChI=1S/C27H32N2O5/c1-16(2)11-24(26(32)28-18-12-17(13-18)14-25(30)31)29-27(33)34-15-23-21-9-5-3-7-19(21)20-8-4-6-10-22(20)23/h3-10,16-18,23-24H,11-15H2,1-2H3,(H,28,32)(H,29,33)(H,30,31). The molecule has 2 aliphatic rings. The first kappa shape index (κ1) is 23.8. The number of nitrogens with one attached hydrogen (secondary N) is 2. The molecule has 2 aromatic carbocycles. The number of hydrogen-bond donors (Lipinski definition) is 3. The van der Waals surface area contributed by atoms with E-state index in [4.69, 9.17) is 9.84 Å². The lowest BCUT2D eigenvalue weighted by Gasteiger charge is -2.36. The molecule has 7 nitrogen and oxygen atoms in total. The van der Waals surface area contributed by atoms with Crippen LogP contribution in [0.4, 0.5) is 4.79 Å². The highest BCUT2D eigenvalue weighted by atomic mass is 16.5. The van der Waals surface area contributed by atoms with Gasteiger partial charge >= 0.3 is 12.1 Å². The third kappa shape index (κ3) is 5.41. The van der Waals surface area contributed by atoms with Crippen molar-refractivity contribution in [2.45, 2.75) is 57.5 Å². The molecule has 34 heavy (non-hydrogen) atoms. The van der Waals surface area contributed by atoms with E-state index in [0.29, 0.717) is 19.3 Å². The first-order valence-corrected chi connectivity index (χ1v) is 12.0. The number of carboxylic acids is 1. The number of rotatable bonds is 9. The lowest BCUT2D eigenvalue weighted by Crippen LogP contribution is -2.53. The van der Waals surface area contributed by atoms with E-state index in [1.807, 2.05) is 38.1 Å². The Morgan fingerprint density at radius 3 is 2.15 bits per heavy atom. The van der Waals surface area contributed by atoms with Crippen LogP contribution < -0.4 is 10.6 Å². The topological polar surface area (TPSA) is 105 Å². The average Bonchev–Trinajstić information content (AvgIpc) is 3.09. The Bertz CT molecular complexity index is 1010. The quantitative estimate of drug-likeness (QED) is 0.513. The molecule has 0 bridgehead atoms. The second kappa shape index (κ2) is 10.3. The summed E-state index contributed by atoms with van der Waals surface area (Å²) in [4.78, 5) is 36.3. The minimum Gasteiger partial charge on any atom is -0.481 e. The van der Waals surface area contributed by atoms with Crippen molar-refractivity contribution in [3.8, 4) is 11.1 Å². The van der Waals surface area contributed by atoms with Crippen molar-refractivity contribution < 1.29 is 24.2 Å². The highest BCUT2D eigenvalue weighted by Gasteiger charge is 2.34. The van der Waals surface area contributed by atoms with Gasteiger partial charge in [0, 0.05) is 18.4 Å². The summed E-state index contributed by atoms with van der Waals surface area (Å²) in [7, 11) is 0. The number of aliphatic carboxylic acids is 1. The van der Waals surface area contributed by atoms with E-state index >= 15 is 0 Å². The maximum atomic E-state index is 12.8. The number of hydrogen-bond acceptors (Lipinski definition) is 4. The van der Waals surface area contributed by atoms with E-state index in [9.17, 15) is 14.4 Å². The molecule has 0 radical (unpaired) electrons. The lowest BCUT2D eigenvalue weighted by atomic mass is 9.78. The number of alkyl carbamates (subject to hydrolysis) is 1. The largest absolute Gasteiger partial charge is 0.481 e. The summed E-state index contributed by atoms with van der Waals surface area (Å²) in [6.07, 6.45) is 1.30. The molecular weight excluding hydrogens is 432 g/mol. The summed E-state index contributed by atoms with van der Waals surface area (Å²) >= 11 is 0. The van der Waals surface area contributed by atoms with Crippen molar-refractivity contribution in [3.63, 3.8) is 0 Å². The van der Waals surface area contributed by atoms with Crippen LogP contribution in [0.15, 0.2) is 48.5 Å². The van der Waals surface area contributed by atoms with E-state index in [1.165, 1.54) is 0 Å². The minimum absolute atomic E-state index is 0.0447. The van der Waals surface area contributed by atoms with Gasteiger partial charge in [0.05, 0.1) is 0 Å². The van der Waals surface area contributed by atoms with E-state index < -0.39 is 18.1 Å². The van der Waals surface area contributed by atoms with E-state index in [-0.39, 0.29) is 42.7 Å². The van der Waals surface area contributed by atoms with Crippen LogP contribution >= 0.6 is 0 Å². The van der Waals surface area contributed by atoms with Gasteiger partial charge in [0.1, 0.15) is 12.6 Å². The molecule has 180 valence electrons. The van der Waals surface area contributed by atoms with Gasteiger partial charge in [0.2, 0.25) is 5.91 Å². The molecular formula is C27H32N2O5. The van der Waals surface area contributed by atoms with Crippen molar-refractivity contribution in [1.82, 2.24) is 10.6 Å². The summed E-state index contributed by atoms with van der Waals surface area (Å²) in [6, 6.07) is 15.5. The fourth-order valence-corrected chi connectivity index (χ4v) is 5.05. The Balaban J connectivity index is 1.34. The molecule has 2 aliphatic carbocycles.